The van der Waals surface area contributed by atoms with Gasteiger partial charge in [0.25, 0.3) is 0 Å². The van der Waals surface area contributed by atoms with Crippen molar-refractivity contribution >= 4 is 34.1 Å². The van der Waals surface area contributed by atoms with Gasteiger partial charge in [-0.1, -0.05) is 35.2 Å². The number of rotatable bonds is 6. The lowest BCUT2D eigenvalue weighted by Crippen LogP contribution is -2.28. The fraction of sp³-hybridized carbons (Fsp3) is 0.333. The van der Waals surface area contributed by atoms with Crippen LogP contribution in [0.4, 0.5) is 5.13 Å². The number of anilines is 1. The Kier molecular flexibility index (Phi) is 4.24. The van der Waals surface area contributed by atoms with Gasteiger partial charge in [0.2, 0.25) is 17.8 Å². The molecule has 1 fully saturated rings. The standard InChI is InChI=1S/C18H16N4O4S2/c1-2-27-17-21-20-16(28-17)19-15(23)18(5-6-18)14-8-12(26-22-14)10-3-4-11-13(7-10)25-9-24-11/h3-4,7-8H,2,5-6,9H2,1H3,(H,19,20,23). The summed E-state index contributed by atoms with van der Waals surface area (Å²) in [6.45, 7) is 2.26. The first-order chi connectivity index (χ1) is 13.7. The van der Waals surface area contributed by atoms with Crippen LogP contribution in [0.5, 0.6) is 11.5 Å². The highest BCUT2D eigenvalue weighted by Gasteiger charge is 2.54. The molecule has 2 aromatic heterocycles. The van der Waals surface area contributed by atoms with Gasteiger partial charge in [-0.05, 0) is 36.8 Å². The zero-order chi connectivity index (χ0) is 19.1. The van der Waals surface area contributed by atoms with Crippen LogP contribution in [0.25, 0.3) is 11.3 Å². The first-order valence-corrected chi connectivity index (χ1v) is 10.6. The van der Waals surface area contributed by atoms with Gasteiger partial charge in [0.1, 0.15) is 0 Å². The molecule has 3 heterocycles. The molecule has 0 bridgehead atoms. The molecule has 1 aromatic carbocycles. The first-order valence-electron chi connectivity index (χ1n) is 8.83. The Bertz CT molecular complexity index is 1040. The summed E-state index contributed by atoms with van der Waals surface area (Å²) in [5, 5.41) is 15.7. The van der Waals surface area contributed by atoms with Crippen molar-refractivity contribution in [2.75, 3.05) is 17.9 Å². The van der Waals surface area contributed by atoms with Crippen molar-refractivity contribution in [2.24, 2.45) is 0 Å². The van der Waals surface area contributed by atoms with Gasteiger partial charge in [-0.2, -0.15) is 0 Å². The Balaban J connectivity index is 1.35. The summed E-state index contributed by atoms with van der Waals surface area (Å²) in [5.74, 6) is 2.76. The van der Waals surface area contributed by atoms with E-state index in [0.29, 0.717) is 28.1 Å². The smallest absolute Gasteiger partial charge is 0.238 e. The first kappa shape index (κ1) is 17.5. The third kappa shape index (κ3) is 3.02. The number of hydrogen-bond donors (Lipinski definition) is 1. The van der Waals surface area contributed by atoms with E-state index in [-0.39, 0.29) is 12.7 Å². The quantitative estimate of drug-likeness (QED) is 0.480. The van der Waals surface area contributed by atoms with Crippen molar-refractivity contribution in [3.05, 3.63) is 30.0 Å². The van der Waals surface area contributed by atoms with E-state index in [0.717, 1.165) is 28.5 Å². The summed E-state index contributed by atoms with van der Waals surface area (Å²) in [5.41, 5.74) is 0.789. The molecule has 28 heavy (non-hydrogen) atoms. The van der Waals surface area contributed by atoms with Crippen LogP contribution in [0.1, 0.15) is 25.5 Å². The molecule has 0 atom stereocenters. The number of fused-ring (bicyclic) bond motifs is 1. The normalized spacial score (nSPS) is 16.2. The Morgan fingerprint density at radius 1 is 1.25 bits per heavy atom. The monoisotopic (exact) mass is 416 g/mol. The molecular formula is C18H16N4O4S2. The van der Waals surface area contributed by atoms with E-state index in [1.807, 2.05) is 31.2 Å². The van der Waals surface area contributed by atoms with Crippen LogP contribution < -0.4 is 14.8 Å². The lowest BCUT2D eigenvalue weighted by Gasteiger charge is -2.09. The summed E-state index contributed by atoms with van der Waals surface area (Å²) in [4.78, 5) is 12.9. The van der Waals surface area contributed by atoms with Gasteiger partial charge >= 0.3 is 0 Å². The molecule has 144 valence electrons. The number of carbonyl (C=O) groups is 1. The largest absolute Gasteiger partial charge is 0.454 e. The molecule has 5 rings (SSSR count). The van der Waals surface area contributed by atoms with E-state index in [9.17, 15) is 4.79 Å². The maximum Gasteiger partial charge on any atom is 0.238 e. The average molecular weight is 416 g/mol. The van der Waals surface area contributed by atoms with Gasteiger partial charge < -0.3 is 14.0 Å². The lowest BCUT2D eigenvalue weighted by atomic mass is 10.0. The molecule has 3 aromatic rings. The van der Waals surface area contributed by atoms with Crippen molar-refractivity contribution < 1.29 is 18.8 Å². The molecule has 1 aliphatic heterocycles. The van der Waals surface area contributed by atoms with Crippen molar-refractivity contribution in [1.82, 2.24) is 15.4 Å². The Morgan fingerprint density at radius 3 is 2.93 bits per heavy atom. The predicted molar refractivity (Wildman–Crippen MR) is 104 cm³/mol. The summed E-state index contributed by atoms with van der Waals surface area (Å²) in [7, 11) is 0. The molecule has 0 spiro atoms. The summed E-state index contributed by atoms with van der Waals surface area (Å²) >= 11 is 2.98. The van der Waals surface area contributed by atoms with E-state index in [2.05, 4.69) is 20.7 Å². The molecule has 0 unspecified atom stereocenters. The zero-order valence-corrected chi connectivity index (χ0v) is 16.6. The molecular weight excluding hydrogens is 400 g/mol. The second kappa shape index (κ2) is 6.78. The second-order valence-corrected chi connectivity index (χ2v) is 8.98. The highest BCUT2D eigenvalue weighted by Crippen LogP contribution is 2.49. The van der Waals surface area contributed by atoms with Crippen LogP contribution in [0.2, 0.25) is 0 Å². The van der Waals surface area contributed by atoms with Gasteiger partial charge in [-0.25, -0.2) is 0 Å². The molecule has 0 radical (unpaired) electrons. The van der Waals surface area contributed by atoms with E-state index in [4.69, 9.17) is 14.0 Å². The van der Waals surface area contributed by atoms with E-state index in [1.165, 1.54) is 11.3 Å². The van der Waals surface area contributed by atoms with Gasteiger partial charge in [-0.3, -0.25) is 10.1 Å². The van der Waals surface area contributed by atoms with Gasteiger partial charge in [0.05, 0.1) is 11.1 Å². The highest BCUT2D eigenvalue weighted by molar-refractivity contribution is 8.01. The third-order valence-electron chi connectivity index (χ3n) is 4.74. The molecule has 1 aliphatic carbocycles. The molecule has 1 amide bonds. The minimum absolute atomic E-state index is 0.123. The number of nitrogens with zero attached hydrogens (tertiary/aromatic N) is 3. The second-order valence-electron chi connectivity index (χ2n) is 6.49. The number of ether oxygens (including phenoxy) is 2. The van der Waals surface area contributed by atoms with E-state index < -0.39 is 5.41 Å². The van der Waals surface area contributed by atoms with Crippen molar-refractivity contribution in [2.45, 2.75) is 29.5 Å². The van der Waals surface area contributed by atoms with Gasteiger partial charge in [0, 0.05) is 11.6 Å². The van der Waals surface area contributed by atoms with Crippen LogP contribution in [-0.4, -0.2) is 33.8 Å². The predicted octanol–water partition coefficient (Wildman–Crippen LogP) is 3.70. The minimum Gasteiger partial charge on any atom is -0.454 e. The summed E-state index contributed by atoms with van der Waals surface area (Å²) < 4.78 is 17.1. The molecule has 8 nitrogen and oxygen atoms in total. The van der Waals surface area contributed by atoms with Crippen LogP contribution in [0, 0.1) is 0 Å². The molecule has 2 aliphatic rings. The lowest BCUT2D eigenvalue weighted by molar-refractivity contribution is -0.118. The van der Waals surface area contributed by atoms with Crippen molar-refractivity contribution in [3.8, 4) is 22.8 Å². The van der Waals surface area contributed by atoms with Crippen LogP contribution in [0.15, 0.2) is 33.1 Å². The number of hydrogen-bond acceptors (Lipinski definition) is 9. The molecule has 0 saturated heterocycles. The minimum atomic E-state index is -0.665. The maximum atomic E-state index is 12.9. The Hall–Kier alpha value is -2.59. The van der Waals surface area contributed by atoms with Gasteiger partial charge in [0.15, 0.2) is 21.6 Å². The van der Waals surface area contributed by atoms with Crippen LogP contribution in [-0.2, 0) is 10.2 Å². The van der Waals surface area contributed by atoms with Gasteiger partial charge in [-0.15, -0.1) is 10.2 Å². The molecule has 1 saturated carbocycles. The number of aromatic nitrogens is 3. The summed E-state index contributed by atoms with van der Waals surface area (Å²) in [6, 6.07) is 7.38. The average Bonchev–Trinajstić information content (AvgIpc) is 3.08. The van der Waals surface area contributed by atoms with E-state index in [1.54, 1.807) is 11.8 Å². The third-order valence-corrected chi connectivity index (χ3v) is 6.59. The van der Waals surface area contributed by atoms with Crippen LogP contribution in [0.3, 0.4) is 0 Å². The van der Waals surface area contributed by atoms with Crippen molar-refractivity contribution in [3.63, 3.8) is 0 Å². The Morgan fingerprint density at radius 2 is 2.11 bits per heavy atom. The number of nitrogens with one attached hydrogen (secondary N) is 1. The van der Waals surface area contributed by atoms with Crippen molar-refractivity contribution in [1.29, 1.82) is 0 Å². The van der Waals surface area contributed by atoms with Crippen LogP contribution >= 0.6 is 23.1 Å². The fourth-order valence-corrected chi connectivity index (χ4v) is 4.71. The summed E-state index contributed by atoms with van der Waals surface area (Å²) in [6.07, 6.45) is 1.45. The highest BCUT2D eigenvalue weighted by atomic mass is 32.2. The van der Waals surface area contributed by atoms with E-state index >= 15 is 0 Å². The number of carbonyl (C=O) groups excluding carboxylic acids is 1. The molecule has 10 heteroatoms. The molecule has 1 N–H and O–H groups in total. The number of benzene rings is 1. The fourth-order valence-electron chi connectivity index (χ4n) is 3.07. The maximum absolute atomic E-state index is 12.9. The zero-order valence-electron chi connectivity index (χ0n) is 14.9. The topological polar surface area (TPSA) is 99.4 Å². The SMILES string of the molecule is CCSc1nnc(NC(=O)C2(c3cc(-c4ccc5c(c4)OCO5)on3)CC2)s1. The number of thioether (sulfide) groups is 1. The number of amides is 1. The Labute approximate surface area is 168 Å².